The average molecular weight is 113 g/mol. The molecule has 1 aliphatic carbocycles. The lowest BCUT2D eigenvalue weighted by Gasteiger charge is -2.10. The molecule has 0 amide bonds. The zero-order chi connectivity index (χ0) is 6.41. The van der Waals surface area contributed by atoms with Crippen LogP contribution in [0.5, 0.6) is 0 Å². The van der Waals surface area contributed by atoms with Crippen LogP contribution in [0.2, 0.25) is 0 Å². The van der Waals surface area contributed by atoms with Crippen LogP contribution in [0.4, 0.5) is 0 Å². The number of rotatable bonds is 1. The van der Waals surface area contributed by atoms with E-state index in [1.807, 2.05) is 0 Å². The topological polar surface area (TPSA) is 26.0 Å². The lowest BCUT2D eigenvalue weighted by Crippen LogP contribution is -2.26. The van der Waals surface area contributed by atoms with Crippen molar-refractivity contribution in [2.45, 2.75) is 39.2 Å². The summed E-state index contributed by atoms with van der Waals surface area (Å²) in [5.41, 5.74) is 6.54. The minimum absolute atomic E-state index is 0.188. The van der Waals surface area contributed by atoms with E-state index in [1.54, 1.807) is 0 Å². The summed E-state index contributed by atoms with van der Waals surface area (Å²) in [6.45, 7) is 6.63. The smallest absolute Gasteiger partial charge is 0.0209 e. The van der Waals surface area contributed by atoms with E-state index >= 15 is 0 Å². The quantitative estimate of drug-likeness (QED) is 0.548. The van der Waals surface area contributed by atoms with Crippen LogP contribution in [0.1, 0.15) is 33.6 Å². The second-order valence-corrected chi connectivity index (χ2v) is 3.57. The van der Waals surface area contributed by atoms with Crippen molar-refractivity contribution in [1.82, 2.24) is 0 Å². The fourth-order valence-corrected chi connectivity index (χ4v) is 1.35. The predicted molar refractivity (Wildman–Crippen MR) is 35.6 cm³/mol. The standard InChI is InChI=1S/C7H15N/c1-4-7(8)5-6(7,2)3/h4-5,8H2,1-3H3/t7-/m1/s1. The molecule has 0 bridgehead atoms. The van der Waals surface area contributed by atoms with Crippen molar-refractivity contribution in [2.75, 3.05) is 0 Å². The Hall–Kier alpha value is -0.0400. The van der Waals surface area contributed by atoms with E-state index in [0.717, 1.165) is 6.42 Å². The van der Waals surface area contributed by atoms with Crippen molar-refractivity contribution in [1.29, 1.82) is 0 Å². The van der Waals surface area contributed by atoms with Gasteiger partial charge in [0.25, 0.3) is 0 Å². The van der Waals surface area contributed by atoms with Gasteiger partial charge in [0.15, 0.2) is 0 Å². The molecule has 1 atom stereocenters. The lowest BCUT2D eigenvalue weighted by molar-refractivity contribution is 0.480. The molecule has 1 saturated carbocycles. The predicted octanol–water partition coefficient (Wildman–Crippen LogP) is 1.52. The maximum Gasteiger partial charge on any atom is 0.0209 e. The lowest BCUT2D eigenvalue weighted by atomic mass is 10.0. The minimum Gasteiger partial charge on any atom is -0.325 e. The highest BCUT2D eigenvalue weighted by Crippen LogP contribution is 2.55. The van der Waals surface area contributed by atoms with Gasteiger partial charge in [0.2, 0.25) is 0 Å². The summed E-state index contributed by atoms with van der Waals surface area (Å²) >= 11 is 0. The highest BCUT2D eigenvalue weighted by atomic mass is 14.9. The van der Waals surface area contributed by atoms with E-state index in [0.29, 0.717) is 5.41 Å². The molecule has 8 heavy (non-hydrogen) atoms. The van der Waals surface area contributed by atoms with Gasteiger partial charge in [-0.25, -0.2) is 0 Å². The maximum absolute atomic E-state index is 5.92. The summed E-state index contributed by atoms with van der Waals surface area (Å²) in [5.74, 6) is 0. The third-order valence-electron chi connectivity index (χ3n) is 2.61. The maximum atomic E-state index is 5.92. The highest BCUT2D eigenvalue weighted by Gasteiger charge is 2.56. The Morgan fingerprint density at radius 3 is 1.88 bits per heavy atom. The van der Waals surface area contributed by atoms with Crippen LogP contribution >= 0.6 is 0 Å². The average Bonchev–Trinajstić information content (AvgIpc) is 2.10. The number of hydrogen-bond acceptors (Lipinski definition) is 1. The van der Waals surface area contributed by atoms with Crippen LogP contribution in [-0.2, 0) is 0 Å². The Balaban J connectivity index is 2.55. The van der Waals surface area contributed by atoms with Gasteiger partial charge in [-0.15, -0.1) is 0 Å². The van der Waals surface area contributed by atoms with E-state index < -0.39 is 0 Å². The third-order valence-corrected chi connectivity index (χ3v) is 2.61. The van der Waals surface area contributed by atoms with Crippen molar-refractivity contribution in [2.24, 2.45) is 11.1 Å². The molecule has 0 aromatic carbocycles. The molecular weight excluding hydrogens is 98.1 g/mol. The first-order valence-corrected chi connectivity index (χ1v) is 3.31. The Morgan fingerprint density at radius 2 is 1.88 bits per heavy atom. The highest BCUT2D eigenvalue weighted by molar-refractivity contribution is 5.13. The van der Waals surface area contributed by atoms with Crippen molar-refractivity contribution >= 4 is 0 Å². The van der Waals surface area contributed by atoms with E-state index in [-0.39, 0.29) is 5.54 Å². The van der Waals surface area contributed by atoms with Gasteiger partial charge >= 0.3 is 0 Å². The van der Waals surface area contributed by atoms with Crippen molar-refractivity contribution in [3.63, 3.8) is 0 Å². The second-order valence-electron chi connectivity index (χ2n) is 3.57. The molecule has 0 heterocycles. The molecular formula is C7H15N. The largest absolute Gasteiger partial charge is 0.325 e. The van der Waals surface area contributed by atoms with Crippen LogP contribution in [0.3, 0.4) is 0 Å². The Morgan fingerprint density at radius 1 is 1.50 bits per heavy atom. The Bertz CT molecular complexity index is 107. The van der Waals surface area contributed by atoms with Gasteiger partial charge in [-0.1, -0.05) is 20.8 Å². The van der Waals surface area contributed by atoms with Gasteiger partial charge < -0.3 is 5.73 Å². The van der Waals surface area contributed by atoms with Crippen LogP contribution in [0.25, 0.3) is 0 Å². The van der Waals surface area contributed by atoms with Gasteiger partial charge in [0, 0.05) is 5.54 Å². The van der Waals surface area contributed by atoms with E-state index in [1.165, 1.54) is 6.42 Å². The van der Waals surface area contributed by atoms with Crippen molar-refractivity contribution in [3.05, 3.63) is 0 Å². The summed E-state index contributed by atoms with van der Waals surface area (Å²) in [7, 11) is 0. The van der Waals surface area contributed by atoms with Gasteiger partial charge in [0.1, 0.15) is 0 Å². The summed E-state index contributed by atoms with van der Waals surface area (Å²) in [6.07, 6.45) is 2.33. The zero-order valence-corrected chi connectivity index (χ0v) is 5.99. The van der Waals surface area contributed by atoms with Crippen molar-refractivity contribution < 1.29 is 0 Å². The first-order valence-electron chi connectivity index (χ1n) is 3.31. The van der Waals surface area contributed by atoms with Gasteiger partial charge in [0.05, 0.1) is 0 Å². The van der Waals surface area contributed by atoms with E-state index in [2.05, 4.69) is 20.8 Å². The normalized spacial score (nSPS) is 42.0. The molecule has 1 nitrogen and oxygen atoms in total. The zero-order valence-electron chi connectivity index (χ0n) is 5.99. The summed E-state index contributed by atoms with van der Waals surface area (Å²) < 4.78 is 0. The molecule has 0 radical (unpaired) electrons. The summed E-state index contributed by atoms with van der Waals surface area (Å²) in [5, 5.41) is 0. The Kier molecular flexibility index (Phi) is 0.965. The van der Waals surface area contributed by atoms with Crippen LogP contribution < -0.4 is 5.73 Å². The molecule has 0 aromatic rings. The van der Waals surface area contributed by atoms with Crippen molar-refractivity contribution in [3.8, 4) is 0 Å². The molecule has 0 unspecified atom stereocenters. The third kappa shape index (κ3) is 0.576. The van der Waals surface area contributed by atoms with E-state index in [9.17, 15) is 0 Å². The SMILES string of the molecule is CC[C@@]1(N)CC1(C)C. The molecule has 0 saturated heterocycles. The first kappa shape index (κ1) is 6.09. The van der Waals surface area contributed by atoms with Crippen LogP contribution in [0.15, 0.2) is 0 Å². The molecule has 0 spiro atoms. The Labute approximate surface area is 51.3 Å². The molecule has 1 rings (SSSR count). The molecule has 0 aliphatic heterocycles. The number of hydrogen-bond donors (Lipinski definition) is 1. The molecule has 48 valence electrons. The van der Waals surface area contributed by atoms with Crippen LogP contribution in [-0.4, -0.2) is 5.54 Å². The fourth-order valence-electron chi connectivity index (χ4n) is 1.35. The molecule has 0 aromatic heterocycles. The molecule has 1 aliphatic rings. The fraction of sp³-hybridized carbons (Fsp3) is 1.00. The first-order chi connectivity index (χ1) is 3.52. The summed E-state index contributed by atoms with van der Waals surface area (Å²) in [4.78, 5) is 0. The number of nitrogens with two attached hydrogens (primary N) is 1. The van der Waals surface area contributed by atoms with Gasteiger partial charge in [-0.3, -0.25) is 0 Å². The molecule has 1 heteroatoms. The second kappa shape index (κ2) is 1.27. The van der Waals surface area contributed by atoms with Crippen LogP contribution in [0, 0.1) is 5.41 Å². The van der Waals surface area contributed by atoms with Gasteiger partial charge in [-0.05, 0) is 18.3 Å². The monoisotopic (exact) mass is 113 g/mol. The summed E-state index contributed by atoms with van der Waals surface area (Å²) in [6, 6.07) is 0. The van der Waals surface area contributed by atoms with E-state index in [4.69, 9.17) is 5.73 Å². The molecule has 2 N–H and O–H groups in total. The minimum atomic E-state index is 0.188. The van der Waals surface area contributed by atoms with Gasteiger partial charge in [-0.2, -0.15) is 0 Å². The molecule has 1 fully saturated rings.